The molecule has 0 bridgehead atoms. The van der Waals surface area contributed by atoms with Crippen molar-refractivity contribution in [1.29, 1.82) is 0 Å². The molecule has 0 saturated carbocycles. The molecule has 0 atom stereocenters. The van der Waals surface area contributed by atoms with Crippen molar-refractivity contribution in [1.82, 2.24) is 0 Å². The van der Waals surface area contributed by atoms with Gasteiger partial charge in [-0.2, -0.15) is 0 Å². The molecule has 0 aliphatic heterocycles. The number of aliphatic hydroxyl groups is 1. The molecule has 0 aromatic rings. The van der Waals surface area contributed by atoms with E-state index in [-0.39, 0.29) is 18.8 Å². The molecule has 0 fully saturated rings. The normalized spacial score (nSPS) is 8.35. The van der Waals surface area contributed by atoms with Crippen LogP contribution in [0.5, 0.6) is 0 Å². The Balaban J connectivity index is -0.000000266. The van der Waals surface area contributed by atoms with Gasteiger partial charge in [0.25, 0.3) is 0 Å². The third-order valence-electron chi connectivity index (χ3n) is 2.18. The number of carboxylic acid groups (broad SMARTS) is 1. The molecule has 0 aromatic heterocycles. The van der Waals surface area contributed by atoms with E-state index in [1.807, 2.05) is 6.08 Å². The highest BCUT2D eigenvalue weighted by molar-refractivity contribution is 5.86. The van der Waals surface area contributed by atoms with Gasteiger partial charge in [-0.05, 0) is 26.7 Å². The minimum atomic E-state index is -0.935. The lowest BCUT2D eigenvalue weighted by Crippen LogP contribution is -2.08. The van der Waals surface area contributed by atoms with E-state index < -0.39 is 11.9 Å². The predicted octanol–water partition coefficient (Wildman–Crippen LogP) is 3.66. The van der Waals surface area contributed by atoms with E-state index >= 15 is 0 Å². The van der Waals surface area contributed by atoms with E-state index in [2.05, 4.69) is 38.0 Å². The first-order valence-electron chi connectivity index (χ1n) is 7.26. The fraction of sp³-hybridized carbons (Fsp3) is 0.444. The second kappa shape index (κ2) is 17.9. The van der Waals surface area contributed by atoms with Crippen molar-refractivity contribution in [2.24, 2.45) is 0 Å². The molecule has 5 nitrogen and oxygen atoms in total. The van der Waals surface area contributed by atoms with Gasteiger partial charge in [-0.1, -0.05) is 51.3 Å². The summed E-state index contributed by atoms with van der Waals surface area (Å²) in [5.74, 6) is -1.39. The van der Waals surface area contributed by atoms with Gasteiger partial charge in [0.15, 0.2) is 0 Å². The maximum atomic E-state index is 10.5. The summed E-state index contributed by atoms with van der Waals surface area (Å²) < 4.78 is 4.46. The Morgan fingerprint density at radius 3 is 1.87 bits per heavy atom. The number of hydrogen-bond donors (Lipinski definition) is 2. The number of aliphatic hydroxyl groups excluding tert-OH is 1. The molecule has 0 aliphatic rings. The number of unbranched alkanes of at least 4 members (excludes halogenated alkanes) is 1. The van der Waals surface area contributed by atoms with Gasteiger partial charge in [0, 0.05) is 11.1 Å². The Morgan fingerprint density at radius 1 is 1.13 bits per heavy atom. The summed E-state index contributed by atoms with van der Waals surface area (Å²) in [5.41, 5.74) is 1.69. The van der Waals surface area contributed by atoms with Crippen LogP contribution in [0.4, 0.5) is 0 Å². The number of esters is 1. The Hall–Kier alpha value is -2.14. The second-order valence-electron chi connectivity index (χ2n) is 4.69. The van der Waals surface area contributed by atoms with Crippen LogP contribution < -0.4 is 0 Å². The summed E-state index contributed by atoms with van der Waals surface area (Å²) in [5, 5.41) is 16.1. The van der Waals surface area contributed by atoms with Crippen LogP contribution in [0.25, 0.3) is 0 Å². The molecule has 0 heterocycles. The maximum absolute atomic E-state index is 10.5. The molecule has 0 aromatic carbocycles. The standard InChI is InChI=1S/C8H14.C6H10O3.C4H6O2/c1-4-6-7-8(3)5-2;1-5(2)6(8)9-4-3-7;1-3(2)4(5)6/h5H,2-4,6-7H2,1H3;7H,1,3-4H2,2H3;1H2,2H3,(H,5,6). The summed E-state index contributed by atoms with van der Waals surface area (Å²) in [6.07, 6.45) is 5.42. The smallest absolute Gasteiger partial charge is 0.333 e. The van der Waals surface area contributed by atoms with Gasteiger partial charge in [0.2, 0.25) is 0 Å². The number of aliphatic carboxylic acids is 1. The molecule has 23 heavy (non-hydrogen) atoms. The first kappa shape index (κ1) is 25.8. The Bertz CT molecular complexity index is 396. The van der Waals surface area contributed by atoms with Gasteiger partial charge >= 0.3 is 11.9 Å². The average Bonchev–Trinajstić information content (AvgIpc) is 2.51. The predicted molar refractivity (Wildman–Crippen MR) is 94.2 cm³/mol. The minimum Gasteiger partial charge on any atom is -0.478 e. The summed E-state index contributed by atoms with van der Waals surface area (Å²) in [7, 11) is 0. The molecule has 0 aliphatic carbocycles. The van der Waals surface area contributed by atoms with Crippen molar-refractivity contribution in [3.8, 4) is 0 Å². The molecule has 2 N–H and O–H groups in total. The molecule has 0 spiro atoms. The van der Waals surface area contributed by atoms with Gasteiger partial charge in [0.1, 0.15) is 6.61 Å². The van der Waals surface area contributed by atoms with Gasteiger partial charge in [-0.25, -0.2) is 9.59 Å². The Labute approximate surface area is 139 Å². The highest BCUT2D eigenvalue weighted by Gasteiger charge is 1.99. The van der Waals surface area contributed by atoms with E-state index in [0.29, 0.717) is 5.57 Å². The third-order valence-corrected chi connectivity index (χ3v) is 2.18. The molecule has 5 heteroatoms. The summed E-state index contributed by atoms with van der Waals surface area (Å²) in [4.78, 5) is 20.1. The van der Waals surface area contributed by atoms with Crippen molar-refractivity contribution in [2.75, 3.05) is 13.2 Å². The molecular formula is C18H30O5. The molecule has 0 unspecified atom stereocenters. The first-order valence-corrected chi connectivity index (χ1v) is 7.26. The van der Waals surface area contributed by atoms with E-state index in [1.54, 1.807) is 6.92 Å². The van der Waals surface area contributed by atoms with Crippen molar-refractivity contribution in [2.45, 2.75) is 40.0 Å². The van der Waals surface area contributed by atoms with E-state index in [9.17, 15) is 9.59 Å². The third kappa shape index (κ3) is 25.2. The van der Waals surface area contributed by atoms with E-state index in [1.165, 1.54) is 19.8 Å². The fourth-order valence-electron chi connectivity index (χ4n) is 0.767. The van der Waals surface area contributed by atoms with Crippen LogP contribution in [0, 0.1) is 0 Å². The van der Waals surface area contributed by atoms with Crippen LogP contribution in [0.15, 0.2) is 49.1 Å². The fourth-order valence-corrected chi connectivity index (χ4v) is 0.767. The molecule has 0 amide bonds. The quantitative estimate of drug-likeness (QED) is 0.404. The van der Waals surface area contributed by atoms with Crippen LogP contribution in [0.3, 0.4) is 0 Å². The number of allylic oxidation sites excluding steroid dienone is 2. The minimum absolute atomic E-state index is 0.0473. The Morgan fingerprint density at radius 2 is 1.61 bits per heavy atom. The summed E-state index contributed by atoms with van der Waals surface area (Å²) in [6, 6.07) is 0. The zero-order chi connectivity index (χ0) is 18.8. The highest BCUT2D eigenvalue weighted by Crippen LogP contribution is 2.03. The number of hydrogen-bond acceptors (Lipinski definition) is 4. The van der Waals surface area contributed by atoms with Crippen molar-refractivity contribution >= 4 is 11.9 Å². The van der Waals surface area contributed by atoms with Gasteiger partial charge < -0.3 is 14.9 Å². The number of carboxylic acids is 1. The van der Waals surface area contributed by atoms with Crippen LogP contribution in [0.2, 0.25) is 0 Å². The summed E-state index contributed by atoms with van der Waals surface area (Å²) in [6.45, 7) is 19.0. The van der Waals surface area contributed by atoms with Crippen LogP contribution in [-0.2, 0) is 14.3 Å². The summed E-state index contributed by atoms with van der Waals surface area (Å²) >= 11 is 0. The number of rotatable bonds is 8. The van der Waals surface area contributed by atoms with E-state index in [4.69, 9.17) is 10.2 Å². The first-order chi connectivity index (χ1) is 10.6. The van der Waals surface area contributed by atoms with Crippen LogP contribution >= 0.6 is 0 Å². The number of carbonyl (C=O) groups is 2. The topological polar surface area (TPSA) is 83.8 Å². The number of ether oxygens (including phenoxy) is 1. The van der Waals surface area contributed by atoms with Gasteiger partial charge in [0.05, 0.1) is 6.61 Å². The SMILES string of the molecule is C=C(C)C(=O)O.C=C(C)C(=O)OCCO.C=CC(=C)CCCC. The zero-order valence-electron chi connectivity index (χ0n) is 14.6. The Kier molecular flexibility index (Phi) is 20.1. The monoisotopic (exact) mass is 326 g/mol. The van der Waals surface area contributed by atoms with E-state index in [0.717, 1.165) is 12.0 Å². The van der Waals surface area contributed by atoms with Gasteiger partial charge in [-0.3, -0.25) is 0 Å². The number of carbonyl (C=O) groups excluding carboxylic acids is 1. The van der Waals surface area contributed by atoms with Crippen molar-refractivity contribution in [3.05, 3.63) is 49.1 Å². The van der Waals surface area contributed by atoms with Crippen LogP contribution in [0.1, 0.15) is 40.0 Å². The average molecular weight is 326 g/mol. The van der Waals surface area contributed by atoms with Crippen LogP contribution in [-0.4, -0.2) is 35.4 Å². The lowest BCUT2D eigenvalue weighted by Gasteiger charge is -1.99. The highest BCUT2D eigenvalue weighted by atomic mass is 16.5. The molecule has 132 valence electrons. The second-order valence-corrected chi connectivity index (χ2v) is 4.69. The zero-order valence-corrected chi connectivity index (χ0v) is 14.6. The van der Waals surface area contributed by atoms with Gasteiger partial charge in [-0.15, -0.1) is 0 Å². The largest absolute Gasteiger partial charge is 0.478 e. The molecule has 0 radical (unpaired) electrons. The molecule has 0 saturated heterocycles. The lowest BCUT2D eigenvalue weighted by molar-refractivity contribution is -0.139. The maximum Gasteiger partial charge on any atom is 0.333 e. The van der Waals surface area contributed by atoms with Crippen molar-refractivity contribution < 1.29 is 24.5 Å². The van der Waals surface area contributed by atoms with Crippen molar-refractivity contribution in [3.63, 3.8) is 0 Å². The molecule has 0 rings (SSSR count). The lowest BCUT2D eigenvalue weighted by atomic mass is 10.1. The molecular weight excluding hydrogens is 296 g/mol.